The highest BCUT2D eigenvalue weighted by atomic mass is 32.2. The summed E-state index contributed by atoms with van der Waals surface area (Å²) in [7, 11) is -3.19. The van der Waals surface area contributed by atoms with Crippen LogP contribution >= 0.6 is 0 Å². The van der Waals surface area contributed by atoms with E-state index in [0.717, 1.165) is 16.9 Å². The molecule has 1 aromatic carbocycles. The molecule has 2 N–H and O–H groups in total. The van der Waals surface area contributed by atoms with Gasteiger partial charge < -0.3 is 10.4 Å². The largest absolute Gasteiger partial charge is 0.369 e. The van der Waals surface area contributed by atoms with E-state index in [4.69, 9.17) is 5.10 Å². The number of aromatic nitrogens is 5. The summed E-state index contributed by atoms with van der Waals surface area (Å²) in [4.78, 5) is 4.32. The van der Waals surface area contributed by atoms with Crippen molar-refractivity contribution in [2.45, 2.75) is 31.9 Å². The van der Waals surface area contributed by atoms with Gasteiger partial charge in [-0.05, 0) is 38.0 Å². The molecule has 0 saturated carbocycles. The number of piperidine rings is 1. The van der Waals surface area contributed by atoms with Crippen LogP contribution in [0, 0.1) is 6.92 Å². The quantitative estimate of drug-likeness (QED) is 0.406. The first kappa shape index (κ1) is 22.5. The average Bonchev–Trinajstić information content (AvgIpc) is 3.44. The standard InChI is InChI=1S/C23H27N7O3S/c1-16-4-6-18(7-5-16)30-21(26-23(31)19-15-25-29-11-3-10-24-22(19)29)14-20(27-30)17-8-12-28(13-9-17)34(2,32)33/h3-7,10-11,14-15,17,23,26,31H,8-9,12-13H2,1-2H3. The number of aliphatic hydroxyl groups is 1. The van der Waals surface area contributed by atoms with Gasteiger partial charge in [-0.3, -0.25) is 0 Å². The molecule has 10 nitrogen and oxygen atoms in total. The summed E-state index contributed by atoms with van der Waals surface area (Å²) in [6.45, 7) is 2.97. The summed E-state index contributed by atoms with van der Waals surface area (Å²) >= 11 is 0. The van der Waals surface area contributed by atoms with Gasteiger partial charge in [0.1, 0.15) is 5.82 Å². The van der Waals surface area contributed by atoms with Gasteiger partial charge in [0.15, 0.2) is 11.9 Å². The summed E-state index contributed by atoms with van der Waals surface area (Å²) in [6, 6.07) is 11.7. The molecule has 4 aromatic rings. The van der Waals surface area contributed by atoms with Crippen LogP contribution in [-0.2, 0) is 10.0 Å². The highest BCUT2D eigenvalue weighted by Gasteiger charge is 2.28. The molecule has 0 spiro atoms. The van der Waals surface area contributed by atoms with Crippen LogP contribution < -0.4 is 5.32 Å². The molecule has 1 unspecified atom stereocenters. The monoisotopic (exact) mass is 481 g/mol. The van der Waals surface area contributed by atoms with Crippen LogP contribution in [0.5, 0.6) is 0 Å². The first-order chi connectivity index (χ1) is 16.3. The Morgan fingerprint density at radius 3 is 2.62 bits per heavy atom. The zero-order chi connectivity index (χ0) is 23.9. The Hall–Kier alpha value is -3.28. The fourth-order valence-corrected chi connectivity index (χ4v) is 5.20. The van der Waals surface area contributed by atoms with Crippen molar-refractivity contribution in [1.29, 1.82) is 0 Å². The topological polar surface area (TPSA) is 118 Å². The van der Waals surface area contributed by atoms with E-state index in [2.05, 4.69) is 15.4 Å². The van der Waals surface area contributed by atoms with E-state index >= 15 is 0 Å². The van der Waals surface area contributed by atoms with Gasteiger partial charge in [-0.15, -0.1) is 0 Å². The van der Waals surface area contributed by atoms with Crippen molar-refractivity contribution in [3.8, 4) is 5.69 Å². The molecule has 5 rings (SSSR count). The maximum absolute atomic E-state index is 11.9. The molecule has 1 fully saturated rings. The molecule has 1 aliphatic rings. The summed E-state index contributed by atoms with van der Waals surface area (Å²) in [5.41, 5.74) is 3.98. The SMILES string of the molecule is Cc1ccc(-n2nc(C3CCN(S(C)(=O)=O)CC3)cc2NC(O)c2cnn3cccnc23)cc1. The number of nitrogens with zero attached hydrogens (tertiary/aromatic N) is 6. The molecule has 1 atom stereocenters. The summed E-state index contributed by atoms with van der Waals surface area (Å²) in [6.07, 6.45) is 6.61. The second-order valence-electron chi connectivity index (χ2n) is 8.67. The maximum Gasteiger partial charge on any atom is 0.211 e. The van der Waals surface area contributed by atoms with Gasteiger partial charge in [-0.25, -0.2) is 26.9 Å². The Balaban J connectivity index is 1.45. The third-order valence-corrected chi connectivity index (χ3v) is 7.54. The van der Waals surface area contributed by atoms with Gasteiger partial charge in [0, 0.05) is 37.5 Å². The number of hydrogen-bond donors (Lipinski definition) is 2. The maximum atomic E-state index is 11.9. The van der Waals surface area contributed by atoms with Gasteiger partial charge in [-0.1, -0.05) is 17.7 Å². The second kappa shape index (κ2) is 8.82. The normalized spacial score (nSPS) is 16.7. The van der Waals surface area contributed by atoms with Gasteiger partial charge in [0.25, 0.3) is 0 Å². The molecule has 3 aromatic heterocycles. The van der Waals surface area contributed by atoms with Gasteiger partial charge in [0.2, 0.25) is 10.0 Å². The Labute approximate surface area is 197 Å². The minimum atomic E-state index is -3.19. The zero-order valence-electron chi connectivity index (χ0n) is 19.0. The lowest BCUT2D eigenvalue weighted by atomic mass is 9.95. The lowest BCUT2D eigenvalue weighted by Crippen LogP contribution is -2.37. The minimum absolute atomic E-state index is 0.126. The first-order valence-electron chi connectivity index (χ1n) is 11.1. The van der Waals surface area contributed by atoms with Crippen LogP contribution in [0.25, 0.3) is 11.3 Å². The van der Waals surface area contributed by atoms with E-state index in [1.807, 2.05) is 37.3 Å². The fraction of sp³-hybridized carbons (Fsp3) is 0.348. The Kier molecular flexibility index (Phi) is 5.84. The number of benzene rings is 1. The molecule has 4 heterocycles. The number of rotatable bonds is 6. The van der Waals surface area contributed by atoms with Crippen LogP contribution in [0.15, 0.2) is 55.0 Å². The van der Waals surface area contributed by atoms with Crippen LogP contribution in [-0.4, -0.2) is 61.6 Å². The van der Waals surface area contributed by atoms with Crippen molar-refractivity contribution in [1.82, 2.24) is 28.7 Å². The fourth-order valence-electron chi connectivity index (χ4n) is 4.32. The molecule has 0 aliphatic carbocycles. The van der Waals surface area contributed by atoms with Crippen molar-refractivity contribution in [3.05, 3.63) is 71.8 Å². The Morgan fingerprint density at radius 2 is 1.91 bits per heavy atom. The molecule has 0 amide bonds. The molecule has 0 bridgehead atoms. The van der Waals surface area contributed by atoms with Crippen LogP contribution in [0.4, 0.5) is 5.82 Å². The Bertz CT molecular complexity index is 1400. The molecule has 34 heavy (non-hydrogen) atoms. The van der Waals surface area contributed by atoms with E-state index in [1.54, 1.807) is 33.9 Å². The van der Waals surface area contributed by atoms with Crippen LogP contribution in [0.3, 0.4) is 0 Å². The highest BCUT2D eigenvalue weighted by Crippen LogP contribution is 2.32. The van der Waals surface area contributed by atoms with Gasteiger partial charge >= 0.3 is 0 Å². The molecule has 11 heteroatoms. The van der Waals surface area contributed by atoms with Crippen molar-refractivity contribution in [2.75, 3.05) is 24.7 Å². The number of aryl methyl sites for hydroxylation is 1. The number of anilines is 1. The molecule has 178 valence electrons. The van der Waals surface area contributed by atoms with Crippen LogP contribution in [0.2, 0.25) is 0 Å². The predicted octanol–water partition coefficient (Wildman–Crippen LogP) is 2.47. The summed E-state index contributed by atoms with van der Waals surface area (Å²) < 4.78 is 28.7. The number of fused-ring (bicyclic) bond motifs is 1. The average molecular weight is 482 g/mol. The van der Waals surface area contributed by atoms with Crippen molar-refractivity contribution < 1.29 is 13.5 Å². The zero-order valence-corrected chi connectivity index (χ0v) is 19.9. The second-order valence-corrected chi connectivity index (χ2v) is 10.7. The van der Waals surface area contributed by atoms with Crippen molar-refractivity contribution in [2.24, 2.45) is 0 Å². The van der Waals surface area contributed by atoms with E-state index in [0.29, 0.717) is 43.0 Å². The van der Waals surface area contributed by atoms with Crippen LogP contribution in [0.1, 0.15) is 41.8 Å². The van der Waals surface area contributed by atoms with Crippen molar-refractivity contribution in [3.63, 3.8) is 0 Å². The number of aliphatic hydroxyl groups excluding tert-OH is 1. The number of sulfonamides is 1. The number of hydrogen-bond acceptors (Lipinski definition) is 7. The van der Waals surface area contributed by atoms with E-state index in [-0.39, 0.29) is 5.92 Å². The third-order valence-electron chi connectivity index (χ3n) is 6.23. The lowest BCUT2D eigenvalue weighted by Gasteiger charge is -2.29. The van der Waals surface area contributed by atoms with E-state index in [1.165, 1.54) is 10.6 Å². The molecule has 0 radical (unpaired) electrons. The first-order valence-corrected chi connectivity index (χ1v) is 13.0. The lowest BCUT2D eigenvalue weighted by molar-refractivity contribution is 0.208. The van der Waals surface area contributed by atoms with Gasteiger partial charge in [0.05, 0.1) is 29.4 Å². The highest BCUT2D eigenvalue weighted by molar-refractivity contribution is 7.88. The van der Waals surface area contributed by atoms with E-state index in [9.17, 15) is 13.5 Å². The van der Waals surface area contributed by atoms with Crippen molar-refractivity contribution >= 4 is 21.5 Å². The number of nitrogens with one attached hydrogen (secondary N) is 1. The van der Waals surface area contributed by atoms with Gasteiger partial charge in [-0.2, -0.15) is 10.2 Å². The summed E-state index contributed by atoms with van der Waals surface area (Å²) in [5, 5.41) is 23.3. The summed E-state index contributed by atoms with van der Waals surface area (Å²) in [5.74, 6) is 0.758. The molecular formula is C23H27N7O3S. The smallest absolute Gasteiger partial charge is 0.211 e. The van der Waals surface area contributed by atoms with E-state index < -0.39 is 16.3 Å². The minimum Gasteiger partial charge on any atom is -0.369 e. The molecule has 1 aliphatic heterocycles. The third kappa shape index (κ3) is 4.41. The predicted molar refractivity (Wildman–Crippen MR) is 128 cm³/mol. The Morgan fingerprint density at radius 1 is 1.18 bits per heavy atom. The molecule has 1 saturated heterocycles. The molecular weight excluding hydrogens is 454 g/mol.